The average molecular weight is 353 g/mol. The van der Waals surface area contributed by atoms with Gasteiger partial charge in [0.1, 0.15) is 0 Å². The highest BCUT2D eigenvalue weighted by molar-refractivity contribution is 5.39. The number of hydrogen-bond acceptors (Lipinski definition) is 4. The van der Waals surface area contributed by atoms with Gasteiger partial charge in [-0.05, 0) is 23.3 Å². The Balaban J connectivity index is 1.93. The summed E-state index contributed by atoms with van der Waals surface area (Å²) in [4.78, 5) is 4.49. The number of aromatic nitrogens is 2. The zero-order chi connectivity index (χ0) is 18.7. The van der Waals surface area contributed by atoms with E-state index >= 15 is 0 Å². The lowest BCUT2D eigenvalue weighted by Gasteiger charge is -2.11. The molecular weight excluding hydrogens is 333 g/mol. The maximum atomic E-state index is 13.4. The molecule has 0 radical (unpaired) electrons. The Hall–Kier alpha value is -3.28. The van der Waals surface area contributed by atoms with Crippen LogP contribution in [0.1, 0.15) is 22.5 Å². The van der Waals surface area contributed by atoms with E-state index in [0.29, 0.717) is 30.6 Å². The quantitative estimate of drug-likeness (QED) is 0.636. The van der Waals surface area contributed by atoms with Gasteiger partial charge in [-0.1, -0.05) is 36.9 Å². The predicted octanol–water partition coefficient (Wildman–Crippen LogP) is 3.09. The summed E-state index contributed by atoms with van der Waals surface area (Å²) in [5, 5.41) is 19.2. The molecule has 0 unspecified atom stereocenters. The largest absolute Gasteiger partial charge is 0.505 e. The molecule has 4 N–H and O–H groups in total. The summed E-state index contributed by atoms with van der Waals surface area (Å²) in [6.07, 6.45) is 2.77. The van der Waals surface area contributed by atoms with Crippen LogP contribution in [0.3, 0.4) is 0 Å². The number of hydrogen-bond donors (Lipinski definition) is 3. The number of nitrogens with zero attached hydrogens (tertiary/aromatic N) is 2. The van der Waals surface area contributed by atoms with Gasteiger partial charge < -0.3 is 20.5 Å². The molecule has 1 aromatic heterocycles. The smallest absolute Gasteiger partial charge is 0.206 e. The molecule has 26 heavy (non-hydrogen) atoms. The number of imidazole rings is 1. The molecule has 0 saturated carbocycles. The van der Waals surface area contributed by atoms with Gasteiger partial charge in [-0.15, -0.1) is 0 Å². The first-order valence-corrected chi connectivity index (χ1v) is 8.14. The highest BCUT2D eigenvalue weighted by Crippen LogP contribution is 2.27. The van der Waals surface area contributed by atoms with Crippen molar-refractivity contribution >= 4 is 0 Å². The third-order valence-electron chi connectivity index (χ3n) is 4.09. The molecule has 134 valence electrons. The lowest BCUT2D eigenvalue weighted by molar-refractivity contribution is 0.388. The summed E-state index contributed by atoms with van der Waals surface area (Å²) in [5.74, 6) is -2.21. The summed E-state index contributed by atoms with van der Waals surface area (Å²) in [7, 11) is 0. The Morgan fingerprint density at radius 1 is 1.12 bits per heavy atom. The van der Waals surface area contributed by atoms with Gasteiger partial charge in [0.15, 0.2) is 11.5 Å². The molecule has 0 atom stereocenters. The monoisotopic (exact) mass is 353 g/mol. The Kier molecular flexibility index (Phi) is 4.93. The summed E-state index contributed by atoms with van der Waals surface area (Å²) in [5.41, 5.74) is 9.76. The Bertz CT molecular complexity index is 912. The second-order valence-electron chi connectivity index (χ2n) is 6.21. The molecule has 1 heterocycles. The molecule has 0 spiro atoms. The normalized spacial score (nSPS) is 10.8. The van der Waals surface area contributed by atoms with E-state index in [1.807, 2.05) is 34.9 Å². The molecule has 0 saturated heterocycles. The summed E-state index contributed by atoms with van der Waals surface area (Å²) in [6.45, 7) is 4.08. The zero-order valence-corrected chi connectivity index (χ0v) is 14.2. The predicted molar refractivity (Wildman–Crippen MR) is 97.3 cm³/mol. The lowest BCUT2D eigenvalue weighted by Crippen LogP contribution is -2.10. The zero-order valence-electron chi connectivity index (χ0n) is 14.2. The molecule has 0 aliphatic carbocycles. The number of rotatable bonds is 6. The summed E-state index contributed by atoms with van der Waals surface area (Å²) < 4.78 is 15.3. The van der Waals surface area contributed by atoms with E-state index in [4.69, 9.17) is 5.73 Å². The van der Waals surface area contributed by atoms with Gasteiger partial charge >= 0.3 is 0 Å². The molecule has 0 amide bonds. The topological polar surface area (TPSA) is 84.3 Å². The van der Waals surface area contributed by atoms with Crippen LogP contribution in [0.25, 0.3) is 0 Å². The van der Waals surface area contributed by atoms with Gasteiger partial charge in [-0.3, -0.25) is 0 Å². The number of benzene rings is 2. The van der Waals surface area contributed by atoms with Gasteiger partial charge in [0.25, 0.3) is 0 Å². The highest BCUT2D eigenvalue weighted by Gasteiger charge is 2.15. The van der Waals surface area contributed by atoms with E-state index in [-0.39, 0.29) is 0 Å². The number of halogens is 1. The molecule has 0 bridgehead atoms. The van der Waals surface area contributed by atoms with Crippen LogP contribution in [0.4, 0.5) is 4.39 Å². The summed E-state index contributed by atoms with van der Waals surface area (Å²) >= 11 is 0. The van der Waals surface area contributed by atoms with E-state index in [1.54, 1.807) is 6.33 Å². The van der Waals surface area contributed by atoms with Crippen LogP contribution in [-0.4, -0.2) is 19.8 Å². The van der Waals surface area contributed by atoms with E-state index in [1.165, 1.54) is 12.1 Å². The maximum Gasteiger partial charge on any atom is 0.206 e. The van der Waals surface area contributed by atoms with E-state index in [9.17, 15) is 14.6 Å². The van der Waals surface area contributed by atoms with Crippen molar-refractivity contribution in [3.05, 3.63) is 89.4 Å². The Morgan fingerprint density at radius 3 is 2.38 bits per heavy atom. The second-order valence-corrected chi connectivity index (χ2v) is 6.21. The van der Waals surface area contributed by atoms with Crippen molar-refractivity contribution < 1.29 is 14.6 Å². The van der Waals surface area contributed by atoms with E-state index < -0.39 is 17.3 Å². The molecule has 3 aromatic rings. The van der Waals surface area contributed by atoms with Crippen LogP contribution in [0.2, 0.25) is 0 Å². The van der Waals surface area contributed by atoms with Crippen molar-refractivity contribution in [1.82, 2.24) is 9.55 Å². The van der Waals surface area contributed by atoms with Crippen molar-refractivity contribution in [2.24, 2.45) is 5.73 Å². The first-order chi connectivity index (χ1) is 12.4. The van der Waals surface area contributed by atoms with Crippen LogP contribution in [0.15, 0.2) is 61.1 Å². The number of phenolic OH excluding ortho intramolecular Hbond substituents is 2. The second kappa shape index (κ2) is 7.31. The third kappa shape index (κ3) is 3.85. The standard InChI is InChI=1S/C20H20FN3O2/c1-13(22)7-17-16(8-14-5-3-2-4-6-14)23-12-24(17)11-15-9-18(25)20(21)19(26)10-15/h2-6,9-10,12,25-26H,1,7-8,11,22H2. The van der Waals surface area contributed by atoms with Crippen molar-refractivity contribution in [1.29, 1.82) is 0 Å². The molecule has 5 nitrogen and oxygen atoms in total. The first kappa shape index (κ1) is 17.5. The highest BCUT2D eigenvalue weighted by atomic mass is 19.1. The molecular formula is C20H20FN3O2. The fourth-order valence-corrected chi connectivity index (χ4v) is 2.88. The fraction of sp³-hybridized carbons (Fsp3) is 0.150. The molecule has 2 aromatic carbocycles. The van der Waals surface area contributed by atoms with E-state index in [2.05, 4.69) is 11.6 Å². The number of nitrogens with two attached hydrogens (primary N) is 1. The van der Waals surface area contributed by atoms with Crippen LogP contribution >= 0.6 is 0 Å². The molecule has 0 aliphatic rings. The molecule has 0 aliphatic heterocycles. The van der Waals surface area contributed by atoms with Crippen molar-refractivity contribution in [2.75, 3.05) is 0 Å². The van der Waals surface area contributed by atoms with Crippen LogP contribution in [0.5, 0.6) is 11.5 Å². The Labute approximate surface area is 150 Å². The number of allylic oxidation sites excluding steroid dienone is 1. The molecule has 6 heteroatoms. The summed E-state index contributed by atoms with van der Waals surface area (Å²) in [6, 6.07) is 12.5. The van der Waals surface area contributed by atoms with Gasteiger partial charge in [-0.2, -0.15) is 4.39 Å². The van der Waals surface area contributed by atoms with E-state index in [0.717, 1.165) is 17.0 Å². The van der Waals surface area contributed by atoms with Crippen molar-refractivity contribution in [2.45, 2.75) is 19.4 Å². The Morgan fingerprint density at radius 2 is 1.77 bits per heavy atom. The van der Waals surface area contributed by atoms with Crippen LogP contribution in [-0.2, 0) is 19.4 Å². The van der Waals surface area contributed by atoms with Crippen LogP contribution in [0, 0.1) is 5.82 Å². The van der Waals surface area contributed by atoms with Gasteiger partial charge in [-0.25, -0.2) is 4.98 Å². The SMILES string of the molecule is C=C(N)Cc1c(Cc2ccccc2)ncn1Cc1cc(O)c(F)c(O)c1. The van der Waals surface area contributed by atoms with Gasteiger partial charge in [0, 0.05) is 30.8 Å². The molecule has 3 rings (SSSR count). The maximum absolute atomic E-state index is 13.4. The fourth-order valence-electron chi connectivity index (χ4n) is 2.88. The minimum atomic E-state index is -1.03. The third-order valence-corrected chi connectivity index (χ3v) is 4.09. The van der Waals surface area contributed by atoms with Crippen LogP contribution < -0.4 is 5.73 Å². The minimum absolute atomic E-state index is 0.311. The van der Waals surface area contributed by atoms with Crippen molar-refractivity contribution in [3.63, 3.8) is 0 Å². The average Bonchev–Trinajstić information content (AvgIpc) is 2.95. The number of phenols is 2. The number of aromatic hydroxyl groups is 2. The first-order valence-electron chi connectivity index (χ1n) is 8.14. The lowest BCUT2D eigenvalue weighted by atomic mass is 10.1. The van der Waals surface area contributed by atoms with Gasteiger partial charge in [0.05, 0.1) is 12.0 Å². The van der Waals surface area contributed by atoms with Crippen molar-refractivity contribution in [3.8, 4) is 11.5 Å². The molecule has 0 fully saturated rings. The minimum Gasteiger partial charge on any atom is -0.505 e. The van der Waals surface area contributed by atoms with Gasteiger partial charge in [0.2, 0.25) is 5.82 Å².